The molecule has 1 heterocycles. The van der Waals surface area contributed by atoms with Crippen molar-refractivity contribution in [3.63, 3.8) is 0 Å². The lowest BCUT2D eigenvalue weighted by atomic mass is 9.99. The van der Waals surface area contributed by atoms with Crippen LogP contribution < -0.4 is 0 Å². The molecular formula is C9H15FO2S. The van der Waals surface area contributed by atoms with Crippen molar-refractivity contribution >= 4 is 17.7 Å². The van der Waals surface area contributed by atoms with Crippen LogP contribution in [-0.2, 0) is 9.53 Å². The molecule has 1 rings (SSSR count). The van der Waals surface area contributed by atoms with Crippen molar-refractivity contribution in [2.24, 2.45) is 5.92 Å². The summed E-state index contributed by atoms with van der Waals surface area (Å²) in [7, 11) is 1.23. The lowest BCUT2D eigenvalue weighted by Crippen LogP contribution is -2.23. The highest BCUT2D eigenvalue weighted by Gasteiger charge is 2.24. The van der Waals surface area contributed by atoms with Gasteiger partial charge in [-0.3, -0.25) is 0 Å². The Bertz CT molecular complexity index is 169. The third kappa shape index (κ3) is 3.55. The minimum absolute atomic E-state index is 0.333. The molecule has 4 heteroatoms. The first-order chi connectivity index (χ1) is 6.24. The molecule has 0 aromatic rings. The van der Waals surface area contributed by atoms with Crippen molar-refractivity contribution in [1.82, 2.24) is 0 Å². The summed E-state index contributed by atoms with van der Waals surface area (Å²) in [5, 5.41) is 0. The Morgan fingerprint density at radius 2 is 2.54 bits per heavy atom. The van der Waals surface area contributed by atoms with Crippen LogP contribution in [0.3, 0.4) is 0 Å². The van der Waals surface area contributed by atoms with Gasteiger partial charge in [0.05, 0.1) is 7.11 Å². The van der Waals surface area contributed by atoms with Gasteiger partial charge in [-0.2, -0.15) is 11.8 Å². The van der Waals surface area contributed by atoms with Crippen LogP contribution in [0, 0.1) is 5.92 Å². The molecule has 1 aliphatic rings. The number of hydrogen-bond acceptors (Lipinski definition) is 3. The highest BCUT2D eigenvalue weighted by atomic mass is 32.2. The van der Waals surface area contributed by atoms with Crippen LogP contribution in [0.2, 0.25) is 0 Å². The van der Waals surface area contributed by atoms with Crippen molar-refractivity contribution in [3.8, 4) is 0 Å². The molecule has 2 unspecified atom stereocenters. The molecule has 0 N–H and O–H groups in total. The first-order valence-corrected chi connectivity index (χ1v) is 5.69. The predicted octanol–water partition coefficient (Wildman–Crippen LogP) is 2.03. The zero-order chi connectivity index (χ0) is 9.68. The molecule has 2 atom stereocenters. The number of halogens is 1. The van der Waals surface area contributed by atoms with Gasteiger partial charge < -0.3 is 4.74 Å². The summed E-state index contributed by atoms with van der Waals surface area (Å²) in [6.07, 6.45) is 1.10. The van der Waals surface area contributed by atoms with Gasteiger partial charge in [-0.05, 0) is 36.7 Å². The third-order valence-corrected chi connectivity index (χ3v) is 3.54. The third-order valence-electron chi connectivity index (χ3n) is 2.25. The van der Waals surface area contributed by atoms with Crippen molar-refractivity contribution in [2.45, 2.75) is 25.4 Å². The van der Waals surface area contributed by atoms with E-state index in [9.17, 15) is 9.18 Å². The summed E-state index contributed by atoms with van der Waals surface area (Å²) >= 11 is 1.85. The number of hydrogen-bond donors (Lipinski definition) is 0. The van der Waals surface area contributed by atoms with Gasteiger partial charge in [0.15, 0.2) is 6.17 Å². The fraction of sp³-hybridized carbons (Fsp3) is 0.889. The second kappa shape index (κ2) is 5.47. The Kier molecular flexibility index (Phi) is 4.56. The molecule has 0 radical (unpaired) electrons. The summed E-state index contributed by atoms with van der Waals surface area (Å²) in [6.45, 7) is 0. The zero-order valence-corrected chi connectivity index (χ0v) is 8.61. The topological polar surface area (TPSA) is 26.3 Å². The van der Waals surface area contributed by atoms with Crippen molar-refractivity contribution in [1.29, 1.82) is 0 Å². The number of carbonyl (C=O) groups excluding carboxylic acids is 1. The number of carbonyl (C=O) groups is 1. The predicted molar refractivity (Wildman–Crippen MR) is 51.6 cm³/mol. The molecule has 0 amide bonds. The van der Waals surface area contributed by atoms with Crippen molar-refractivity contribution < 1.29 is 13.9 Å². The molecule has 0 saturated carbocycles. The van der Waals surface area contributed by atoms with Gasteiger partial charge in [-0.25, -0.2) is 9.18 Å². The van der Waals surface area contributed by atoms with Crippen molar-refractivity contribution in [3.05, 3.63) is 0 Å². The smallest absolute Gasteiger partial charge is 0.340 e. The molecule has 1 fully saturated rings. The fourth-order valence-corrected chi connectivity index (χ4v) is 2.68. The summed E-state index contributed by atoms with van der Waals surface area (Å²) in [4.78, 5) is 10.8. The Morgan fingerprint density at radius 3 is 3.08 bits per heavy atom. The van der Waals surface area contributed by atoms with E-state index in [1.54, 1.807) is 0 Å². The van der Waals surface area contributed by atoms with Gasteiger partial charge in [0, 0.05) is 0 Å². The fourth-order valence-electron chi connectivity index (χ4n) is 1.51. The van der Waals surface area contributed by atoms with E-state index in [2.05, 4.69) is 4.74 Å². The standard InChI is InChI=1S/C9H15FO2S/c1-12-9(11)8(10)5-7-3-2-4-13-6-7/h7-8H,2-6H2,1H3. The second-order valence-corrected chi connectivity index (χ2v) is 4.46. The highest BCUT2D eigenvalue weighted by Crippen LogP contribution is 2.27. The molecule has 0 aromatic carbocycles. The van der Waals surface area contributed by atoms with Gasteiger partial charge in [0.25, 0.3) is 0 Å². The normalized spacial score (nSPS) is 25.2. The van der Waals surface area contributed by atoms with Crippen LogP contribution in [0.5, 0.6) is 0 Å². The minimum atomic E-state index is -1.42. The van der Waals surface area contributed by atoms with E-state index in [0.717, 1.165) is 18.6 Å². The molecular weight excluding hydrogens is 191 g/mol. The SMILES string of the molecule is COC(=O)C(F)CC1CCCSC1. The number of ether oxygens (including phenoxy) is 1. The van der Waals surface area contributed by atoms with E-state index in [-0.39, 0.29) is 0 Å². The Morgan fingerprint density at radius 1 is 1.77 bits per heavy atom. The van der Waals surface area contributed by atoms with E-state index in [1.807, 2.05) is 11.8 Å². The lowest BCUT2D eigenvalue weighted by molar-refractivity contribution is -0.147. The molecule has 0 bridgehead atoms. The molecule has 1 saturated heterocycles. The highest BCUT2D eigenvalue weighted by molar-refractivity contribution is 7.99. The largest absolute Gasteiger partial charge is 0.467 e. The summed E-state index contributed by atoms with van der Waals surface area (Å²) in [5.74, 6) is 1.78. The van der Waals surface area contributed by atoms with Gasteiger partial charge >= 0.3 is 5.97 Å². The maximum atomic E-state index is 13.1. The van der Waals surface area contributed by atoms with Crippen LogP contribution in [0.1, 0.15) is 19.3 Å². The molecule has 0 spiro atoms. The quantitative estimate of drug-likeness (QED) is 0.661. The minimum Gasteiger partial charge on any atom is -0.467 e. The molecule has 0 aromatic heterocycles. The summed E-state index contributed by atoms with van der Waals surface area (Å²) < 4.78 is 17.4. The van der Waals surface area contributed by atoms with Gasteiger partial charge in [-0.15, -0.1) is 0 Å². The Balaban J connectivity index is 2.25. The average Bonchev–Trinajstić information content (AvgIpc) is 2.18. The molecule has 13 heavy (non-hydrogen) atoms. The number of alkyl halides is 1. The van der Waals surface area contributed by atoms with Crippen LogP contribution >= 0.6 is 11.8 Å². The lowest BCUT2D eigenvalue weighted by Gasteiger charge is -2.21. The molecule has 2 nitrogen and oxygen atoms in total. The molecule has 0 aliphatic carbocycles. The molecule has 76 valence electrons. The van der Waals surface area contributed by atoms with Crippen LogP contribution in [-0.4, -0.2) is 30.8 Å². The van der Waals surface area contributed by atoms with Crippen LogP contribution in [0.25, 0.3) is 0 Å². The summed E-state index contributed by atoms with van der Waals surface area (Å²) in [6, 6.07) is 0. The maximum absolute atomic E-state index is 13.1. The van der Waals surface area contributed by atoms with Gasteiger partial charge in [0.1, 0.15) is 0 Å². The molecule has 1 aliphatic heterocycles. The van der Waals surface area contributed by atoms with Gasteiger partial charge in [0.2, 0.25) is 0 Å². The monoisotopic (exact) mass is 206 g/mol. The Hall–Kier alpha value is -0.250. The van der Waals surface area contributed by atoms with Crippen LogP contribution in [0.4, 0.5) is 4.39 Å². The first-order valence-electron chi connectivity index (χ1n) is 4.53. The second-order valence-electron chi connectivity index (χ2n) is 3.31. The van der Waals surface area contributed by atoms with Crippen molar-refractivity contribution in [2.75, 3.05) is 18.6 Å². The van der Waals surface area contributed by atoms with E-state index in [4.69, 9.17) is 0 Å². The number of methoxy groups -OCH3 is 1. The van der Waals surface area contributed by atoms with E-state index in [0.29, 0.717) is 12.3 Å². The zero-order valence-electron chi connectivity index (χ0n) is 7.79. The number of esters is 1. The van der Waals surface area contributed by atoms with E-state index in [1.165, 1.54) is 12.9 Å². The first kappa shape index (κ1) is 10.8. The Labute approximate surface area is 82.2 Å². The van der Waals surface area contributed by atoms with E-state index >= 15 is 0 Å². The number of thioether (sulfide) groups is 1. The van der Waals surface area contributed by atoms with Gasteiger partial charge in [-0.1, -0.05) is 0 Å². The maximum Gasteiger partial charge on any atom is 0.340 e. The average molecular weight is 206 g/mol. The summed E-state index contributed by atoms with van der Waals surface area (Å²) in [5.41, 5.74) is 0. The number of rotatable bonds is 3. The van der Waals surface area contributed by atoms with Crippen LogP contribution in [0.15, 0.2) is 0 Å². The van der Waals surface area contributed by atoms with E-state index < -0.39 is 12.1 Å².